The minimum Gasteiger partial charge on any atom is -0.352 e. The highest BCUT2D eigenvalue weighted by atomic mass is 15.4. The first-order chi connectivity index (χ1) is 9.81. The minimum atomic E-state index is 0.622. The molecule has 0 radical (unpaired) electrons. The van der Waals surface area contributed by atoms with E-state index in [2.05, 4.69) is 25.6 Å². The van der Waals surface area contributed by atoms with Crippen molar-refractivity contribution in [1.29, 1.82) is 0 Å². The summed E-state index contributed by atoms with van der Waals surface area (Å²) in [6.45, 7) is 3.44. The molecule has 0 saturated heterocycles. The molecule has 0 aliphatic heterocycles. The fourth-order valence-corrected chi connectivity index (χ4v) is 2.69. The monoisotopic (exact) mass is 272 g/mol. The van der Waals surface area contributed by atoms with Gasteiger partial charge in [0, 0.05) is 30.6 Å². The fourth-order valence-electron chi connectivity index (χ4n) is 2.69. The molecule has 1 saturated carbocycles. The van der Waals surface area contributed by atoms with Gasteiger partial charge in [-0.3, -0.25) is 4.68 Å². The number of anilines is 1. The quantitative estimate of drug-likeness (QED) is 0.903. The highest BCUT2D eigenvalue weighted by Crippen LogP contribution is 2.32. The molecule has 6 heteroatoms. The molecular formula is C14H20N6. The predicted octanol–water partition coefficient (Wildman–Crippen LogP) is 2.15. The number of aromatic nitrogens is 5. The van der Waals surface area contributed by atoms with Gasteiger partial charge < -0.3 is 5.32 Å². The summed E-state index contributed by atoms with van der Waals surface area (Å²) in [6, 6.07) is 2.04. The lowest BCUT2D eigenvalue weighted by Crippen LogP contribution is -2.13. The molecule has 106 valence electrons. The Hall–Kier alpha value is -1.98. The van der Waals surface area contributed by atoms with Gasteiger partial charge in [-0.25, -0.2) is 9.97 Å². The third-order valence-corrected chi connectivity index (χ3v) is 3.73. The number of nitrogens with one attached hydrogen (secondary N) is 1. The summed E-state index contributed by atoms with van der Waals surface area (Å²) < 4.78 is 1.82. The molecule has 1 aliphatic rings. The van der Waals surface area contributed by atoms with Gasteiger partial charge in [-0.2, -0.15) is 0 Å². The van der Waals surface area contributed by atoms with Crippen molar-refractivity contribution in [3.05, 3.63) is 29.8 Å². The van der Waals surface area contributed by atoms with E-state index in [1.54, 1.807) is 0 Å². The van der Waals surface area contributed by atoms with Crippen molar-refractivity contribution in [3.63, 3.8) is 0 Å². The number of nitrogens with zero attached hydrogens (tertiary/aromatic N) is 5. The molecule has 1 fully saturated rings. The van der Waals surface area contributed by atoms with E-state index in [4.69, 9.17) is 0 Å². The third-order valence-electron chi connectivity index (χ3n) is 3.73. The molecule has 0 bridgehead atoms. The summed E-state index contributed by atoms with van der Waals surface area (Å²) in [5.74, 6) is 1.34. The molecule has 1 aliphatic carbocycles. The van der Waals surface area contributed by atoms with Crippen molar-refractivity contribution < 1.29 is 0 Å². The lowest BCUT2D eigenvalue weighted by molar-refractivity contribution is 0.606. The van der Waals surface area contributed by atoms with E-state index in [1.807, 2.05) is 30.1 Å². The van der Waals surface area contributed by atoms with Crippen molar-refractivity contribution in [2.75, 3.05) is 11.9 Å². The second-order valence-corrected chi connectivity index (χ2v) is 5.34. The summed E-state index contributed by atoms with van der Waals surface area (Å²) in [6.07, 6.45) is 8.94. The van der Waals surface area contributed by atoms with Gasteiger partial charge in [0.25, 0.3) is 0 Å². The molecule has 0 amide bonds. The van der Waals surface area contributed by atoms with Crippen molar-refractivity contribution in [2.24, 2.45) is 0 Å². The number of aryl methyl sites for hydroxylation is 1. The Labute approximate surface area is 118 Å². The zero-order valence-electron chi connectivity index (χ0n) is 11.8. The normalized spacial score (nSPS) is 15.7. The fraction of sp³-hybridized carbons (Fsp3) is 0.571. The van der Waals surface area contributed by atoms with Crippen LogP contribution in [0.5, 0.6) is 0 Å². The minimum absolute atomic E-state index is 0.622. The zero-order chi connectivity index (χ0) is 13.8. The van der Waals surface area contributed by atoms with Crippen LogP contribution in [0.1, 0.15) is 43.0 Å². The van der Waals surface area contributed by atoms with Gasteiger partial charge in [0.1, 0.15) is 0 Å². The number of hydrogen-bond donors (Lipinski definition) is 1. The smallest absolute Gasteiger partial charge is 0.222 e. The van der Waals surface area contributed by atoms with Gasteiger partial charge >= 0.3 is 0 Å². The maximum absolute atomic E-state index is 4.62. The van der Waals surface area contributed by atoms with E-state index >= 15 is 0 Å². The summed E-state index contributed by atoms with van der Waals surface area (Å²) in [5, 5.41) is 11.2. The third kappa shape index (κ3) is 3.12. The second kappa shape index (κ2) is 5.98. The van der Waals surface area contributed by atoms with Gasteiger partial charge in [-0.15, -0.1) is 5.10 Å². The lowest BCUT2D eigenvalue weighted by Gasteiger charge is -2.10. The highest BCUT2D eigenvalue weighted by molar-refractivity contribution is 5.26. The van der Waals surface area contributed by atoms with Crippen LogP contribution in [0.2, 0.25) is 0 Å². The van der Waals surface area contributed by atoms with Crippen molar-refractivity contribution in [2.45, 2.75) is 45.1 Å². The first kappa shape index (κ1) is 13.0. The van der Waals surface area contributed by atoms with Crippen LogP contribution in [0.4, 0.5) is 5.95 Å². The first-order valence-electron chi connectivity index (χ1n) is 7.25. The molecule has 20 heavy (non-hydrogen) atoms. The lowest BCUT2D eigenvalue weighted by atomic mass is 10.0. The average molecular weight is 272 g/mol. The Bertz CT molecular complexity index is 558. The first-order valence-corrected chi connectivity index (χ1v) is 7.25. The van der Waals surface area contributed by atoms with E-state index in [0.29, 0.717) is 11.9 Å². The standard InChI is InChI=1S/C14H20N6/c1-11-10-20(19-18-11)9-8-16-14-15-7-6-13(17-14)12-4-2-3-5-12/h6-7,10,12H,2-5,8-9H2,1H3,(H,15,16,17). The SMILES string of the molecule is Cc1cn(CCNc2nccc(C3CCCC3)n2)nn1. The van der Waals surface area contributed by atoms with E-state index in [-0.39, 0.29) is 0 Å². The van der Waals surface area contributed by atoms with Crippen LogP contribution < -0.4 is 5.32 Å². The Morgan fingerprint density at radius 3 is 2.95 bits per heavy atom. The Morgan fingerprint density at radius 1 is 1.35 bits per heavy atom. The summed E-state index contributed by atoms with van der Waals surface area (Å²) in [7, 11) is 0. The van der Waals surface area contributed by atoms with E-state index < -0.39 is 0 Å². The van der Waals surface area contributed by atoms with Crippen LogP contribution in [-0.4, -0.2) is 31.5 Å². The highest BCUT2D eigenvalue weighted by Gasteiger charge is 2.18. The van der Waals surface area contributed by atoms with Crippen LogP contribution in [-0.2, 0) is 6.54 Å². The van der Waals surface area contributed by atoms with E-state index in [0.717, 1.165) is 18.8 Å². The van der Waals surface area contributed by atoms with Crippen molar-refractivity contribution in [1.82, 2.24) is 25.0 Å². The van der Waals surface area contributed by atoms with E-state index in [1.165, 1.54) is 31.4 Å². The van der Waals surface area contributed by atoms with Crippen LogP contribution >= 0.6 is 0 Å². The van der Waals surface area contributed by atoms with Crippen molar-refractivity contribution in [3.8, 4) is 0 Å². The predicted molar refractivity (Wildman–Crippen MR) is 76.5 cm³/mol. The number of rotatable bonds is 5. The average Bonchev–Trinajstić information content (AvgIpc) is 3.11. The van der Waals surface area contributed by atoms with Gasteiger partial charge in [0.15, 0.2) is 0 Å². The number of hydrogen-bond acceptors (Lipinski definition) is 5. The maximum Gasteiger partial charge on any atom is 0.222 e. The summed E-state index contributed by atoms with van der Waals surface area (Å²) in [4.78, 5) is 8.90. The second-order valence-electron chi connectivity index (χ2n) is 5.34. The van der Waals surface area contributed by atoms with Gasteiger partial charge in [0.2, 0.25) is 5.95 Å². The molecule has 0 aromatic carbocycles. The van der Waals surface area contributed by atoms with Crippen LogP contribution in [0, 0.1) is 6.92 Å². The topological polar surface area (TPSA) is 68.5 Å². The molecule has 0 atom stereocenters. The summed E-state index contributed by atoms with van der Waals surface area (Å²) in [5.41, 5.74) is 2.11. The molecule has 1 N–H and O–H groups in total. The Balaban J connectivity index is 1.55. The summed E-state index contributed by atoms with van der Waals surface area (Å²) >= 11 is 0. The molecule has 0 unspecified atom stereocenters. The molecule has 6 nitrogen and oxygen atoms in total. The zero-order valence-corrected chi connectivity index (χ0v) is 11.8. The largest absolute Gasteiger partial charge is 0.352 e. The molecule has 2 aromatic heterocycles. The van der Waals surface area contributed by atoms with Gasteiger partial charge in [-0.1, -0.05) is 18.1 Å². The molecule has 2 heterocycles. The van der Waals surface area contributed by atoms with Crippen molar-refractivity contribution >= 4 is 5.95 Å². The molecule has 3 rings (SSSR count). The van der Waals surface area contributed by atoms with Crippen LogP contribution in [0.25, 0.3) is 0 Å². The molecule has 0 spiro atoms. The Morgan fingerprint density at radius 2 is 2.20 bits per heavy atom. The van der Waals surface area contributed by atoms with E-state index in [9.17, 15) is 0 Å². The van der Waals surface area contributed by atoms with Crippen LogP contribution in [0.15, 0.2) is 18.5 Å². The van der Waals surface area contributed by atoms with Gasteiger partial charge in [0.05, 0.1) is 12.2 Å². The molecular weight excluding hydrogens is 252 g/mol. The maximum atomic E-state index is 4.62. The van der Waals surface area contributed by atoms with Gasteiger partial charge in [-0.05, 0) is 25.8 Å². The molecule has 2 aromatic rings. The van der Waals surface area contributed by atoms with Crippen LogP contribution in [0.3, 0.4) is 0 Å². The Kier molecular flexibility index (Phi) is 3.90.